The van der Waals surface area contributed by atoms with Crippen molar-refractivity contribution in [2.45, 2.75) is 0 Å². The Labute approximate surface area is 131 Å². The first-order chi connectivity index (χ1) is 11.1. The van der Waals surface area contributed by atoms with Crippen LogP contribution in [0.2, 0.25) is 0 Å². The van der Waals surface area contributed by atoms with E-state index in [1.54, 1.807) is 18.2 Å². The summed E-state index contributed by atoms with van der Waals surface area (Å²) in [5.41, 5.74) is 8.20. The van der Waals surface area contributed by atoms with Crippen LogP contribution in [-0.2, 0) is 0 Å². The van der Waals surface area contributed by atoms with Crippen LogP contribution < -0.4 is 20.6 Å². The van der Waals surface area contributed by atoms with E-state index in [4.69, 9.17) is 15.2 Å². The maximum atomic E-state index is 11.0. The monoisotopic (exact) mass is 318 g/mol. The molecule has 23 heavy (non-hydrogen) atoms. The molecule has 120 valence electrons. The van der Waals surface area contributed by atoms with Crippen molar-refractivity contribution < 1.29 is 14.4 Å². The van der Waals surface area contributed by atoms with Crippen LogP contribution >= 0.6 is 0 Å². The second-order valence-corrected chi connectivity index (χ2v) is 4.20. The van der Waals surface area contributed by atoms with Gasteiger partial charge in [-0.05, 0) is 23.8 Å². The number of benzene rings is 1. The second kappa shape index (κ2) is 7.02. The average molecular weight is 318 g/mol. The van der Waals surface area contributed by atoms with Crippen molar-refractivity contribution in [3.8, 4) is 11.5 Å². The van der Waals surface area contributed by atoms with Crippen molar-refractivity contribution in [2.24, 2.45) is 5.10 Å². The van der Waals surface area contributed by atoms with Gasteiger partial charge in [0.25, 0.3) is 0 Å². The predicted molar refractivity (Wildman–Crippen MR) is 83.9 cm³/mol. The van der Waals surface area contributed by atoms with E-state index in [0.717, 1.165) is 6.33 Å². The minimum atomic E-state index is -0.677. The smallest absolute Gasteiger partial charge is 0.354 e. The largest absolute Gasteiger partial charge is 0.493 e. The number of hydrogen-bond donors (Lipinski definition) is 2. The molecule has 1 aromatic heterocycles. The fourth-order valence-corrected chi connectivity index (χ4v) is 1.76. The van der Waals surface area contributed by atoms with E-state index in [-0.39, 0.29) is 11.6 Å². The predicted octanol–water partition coefficient (Wildman–Crippen LogP) is 1.43. The van der Waals surface area contributed by atoms with Gasteiger partial charge in [-0.15, -0.1) is 0 Å². The third-order valence-corrected chi connectivity index (χ3v) is 2.82. The minimum Gasteiger partial charge on any atom is -0.493 e. The van der Waals surface area contributed by atoms with Gasteiger partial charge in [0.05, 0.1) is 25.4 Å². The molecule has 2 rings (SSSR count). The van der Waals surface area contributed by atoms with E-state index < -0.39 is 10.6 Å². The molecule has 0 unspecified atom stereocenters. The van der Waals surface area contributed by atoms with Crippen molar-refractivity contribution in [2.75, 3.05) is 25.4 Å². The molecule has 0 amide bonds. The van der Waals surface area contributed by atoms with Gasteiger partial charge in [-0.1, -0.05) is 0 Å². The molecule has 2 aromatic rings. The van der Waals surface area contributed by atoms with Gasteiger partial charge in [0.2, 0.25) is 11.6 Å². The summed E-state index contributed by atoms with van der Waals surface area (Å²) in [6.45, 7) is 0. The Hall–Kier alpha value is -3.43. The molecular weight excluding hydrogens is 304 g/mol. The van der Waals surface area contributed by atoms with Crippen molar-refractivity contribution in [3.05, 3.63) is 40.2 Å². The number of aromatic nitrogens is 2. The molecule has 1 aromatic carbocycles. The van der Waals surface area contributed by atoms with Gasteiger partial charge in [-0.25, -0.2) is 9.97 Å². The highest BCUT2D eigenvalue weighted by Gasteiger charge is 2.20. The fourth-order valence-electron chi connectivity index (χ4n) is 1.76. The maximum absolute atomic E-state index is 11.0. The number of anilines is 2. The first-order valence-corrected chi connectivity index (χ1v) is 6.32. The van der Waals surface area contributed by atoms with E-state index in [1.807, 2.05) is 0 Å². The molecule has 0 saturated heterocycles. The van der Waals surface area contributed by atoms with E-state index >= 15 is 0 Å². The molecule has 10 heteroatoms. The van der Waals surface area contributed by atoms with Gasteiger partial charge < -0.3 is 15.2 Å². The summed E-state index contributed by atoms with van der Waals surface area (Å²) >= 11 is 0. The van der Waals surface area contributed by atoms with Gasteiger partial charge in [-0.3, -0.25) is 15.5 Å². The van der Waals surface area contributed by atoms with Crippen LogP contribution in [-0.4, -0.2) is 35.3 Å². The normalized spacial score (nSPS) is 10.5. The number of nitro groups is 1. The van der Waals surface area contributed by atoms with Gasteiger partial charge in [0.15, 0.2) is 11.5 Å². The van der Waals surface area contributed by atoms with Crippen molar-refractivity contribution in [3.63, 3.8) is 0 Å². The lowest BCUT2D eigenvalue weighted by Crippen LogP contribution is -2.04. The summed E-state index contributed by atoms with van der Waals surface area (Å²) in [6, 6.07) is 5.16. The molecule has 0 atom stereocenters. The number of rotatable bonds is 6. The zero-order valence-corrected chi connectivity index (χ0v) is 12.4. The number of nitrogens with one attached hydrogen (secondary N) is 1. The Morgan fingerprint density at radius 2 is 2.04 bits per heavy atom. The molecule has 0 aliphatic heterocycles. The van der Waals surface area contributed by atoms with Crippen LogP contribution in [0.1, 0.15) is 5.56 Å². The lowest BCUT2D eigenvalue weighted by molar-refractivity contribution is -0.383. The van der Waals surface area contributed by atoms with Crippen molar-refractivity contribution in [1.82, 2.24) is 9.97 Å². The zero-order chi connectivity index (χ0) is 16.8. The average Bonchev–Trinajstić information content (AvgIpc) is 2.54. The summed E-state index contributed by atoms with van der Waals surface area (Å²) in [6.07, 6.45) is 2.56. The van der Waals surface area contributed by atoms with Gasteiger partial charge >= 0.3 is 5.69 Å². The van der Waals surface area contributed by atoms with Gasteiger partial charge in [-0.2, -0.15) is 5.10 Å². The molecule has 0 spiro atoms. The first-order valence-electron chi connectivity index (χ1n) is 6.32. The van der Waals surface area contributed by atoms with Gasteiger partial charge in [0.1, 0.15) is 6.33 Å². The molecule has 1 heterocycles. The van der Waals surface area contributed by atoms with Crippen molar-refractivity contribution in [1.29, 1.82) is 0 Å². The molecular formula is C13H14N6O4. The second-order valence-electron chi connectivity index (χ2n) is 4.20. The van der Waals surface area contributed by atoms with Crippen LogP contribution in [0.3, 0.4) is 0 Å². The Balaban J connectivity index is 2.20. The van der Waals surface area contributed by atoms with Crippen LogP contribution in [0.5, 0.6) is 11.5 Å². The molecule has 0 saturated carbocycles. The highest BCUT2D eigenvalue weighted by molar-refractivity contribution is 5.82. The van der Waals surface area contributed by atoms with Gasteiger partial charge in [0, 0.05) is 0 Å². The van der Waals surface area contributed by atoms with Crippen LogP contribution in [0.25, 0.3) is 0 Å². The Morgan fingerprint density at radius 1 is 1.30 bits per heavy atom. The number of nitrogen functional groups attached to an aromatic ring is 1. The van der Waals surface area contributed by atoms with Crippen LogP contribution in [0, 0.1) is 10.1 Å². The quantitative estimate of drug-likeness (QED) is 0.463. The summed E-state index contributed by atoms with van der Waals surface area (Å²) in [5.74, 6) is 0.776. The molecule has 0 aliphatic rings. The summed E-state index contributed by atoms with van der Waals surface area (Å²) in [4.78, 5) is 17.6. The Bertz CT molecular complexity index is 749. The highest BCUT2D eigenvalue weighted by atomic mass is 16.6. The first kappa shape index (κ1) is 15.9. The van der Waals surface area contributed by atoms with Crippen LogP contribution in [0.4, 0.5) is 17.3 Å². The molecule has 3 N–H and O–H groups in total. The molecule has 10 nitrogen and oxygen atoms in total. The summed E-state index contributed by atoms with van der Waals surface area (Å²) < 4.78 is 10.3. The number of hydrogen-bond acceptors (Lipinski definition) is 9. The van der Waals surface area contributed by atoms with E-state index in [2.05, 4.69) is 20.5 Å². The zero-order valence-electron chi connectivity index (χ0n) is 12.4. The topological polar surface area (TPSA) is 138 Å². The SMILES string of the molecule is COc1ccc(C=NNc2ncnc(N)c2[N+](=O)[O-])cc1OC. The molecule has 0 aliphatic carbocycles. The summed E-state index contributed by atoms with van der Waals surface area (Å²) in [7, 11) is 3.05. The van der Waals surface area contributed by atoms with E-state index in [9.17, 15) is 10.1 Å². The lowest BCUT2D eigenvalue weighted by Gasteiger charge is -2.07. The molecule has 0 radical (unpaired) electrons. The minimum absolute atomic E-state index is 0.0979. The molecule has 0 fully saturated rings. The number of hydrazone groups is 1. The number of nitrogens with two attached hydrogens (primary N) is 1. The summed E-state index contributed by atoms with van der Waals surface area (Å²) in [5, 5.41) is 14.9. The van der Waals surface area contributed by atoms with Crippen molar-refractivity contribution >= 4 is 23.5 Å². The Morgan fingerprint density at radius 3 is 2.70 bits per heavy atom. The fraction of sp³-hybridized carbons (Fsp3) is 0.154. The molecule has 0 bridgehead atoms. The maximum Gasteiger partial charge on any atom is 0.354 e. The van der Waals surface area contributed by atoms with E-state index in [1.165, 1.54) is 20.4 Å². The Kier molecular flexibility index (Phi) is 4.87. The standard InChI is InChI=1S/C13H14N6O4/c1-22-9-4-3-8(5-10(9)23-2)6-17-18-13-11(19(20)21)12(14)15-7-16-13/h3-7H,1-2H3,(H3,14,15,16,18). The lowest BCUT2D eigenvalue weighted by atomic mass is 10.2. The number of ether oxygens (including phenoxy) is 2. The number of nitrogens with zero attached hydrogens (tertiary/aromatic N) is 4. The third kappa shape index (κ3) is 3.61. The van der Waals surface area contributed by atoms with E-state index in [0.29, 0.717) is 17.1 Å². The highest BCUT2D eigenvalue weighted by Crippen LogP contribution is 2.27. The number of methoxy groups -OCH3 is 2. The third-order valence-electron chi connectivity index (χ3n) is 2.82. The van der Waals surface area contributed by atoms with Crippen LogP contribution in [0.15, 0.2) is 29.6 Å².